The number of benzene rings is 1. The molecular formula is C10H6F2O2. The van der Waals surface area contributed by atoms with Gasteiger partial charge in [-0.1, -0.05) is 5.92 Å². The maximum atomic E-state index is 12.9. The predicted octanol–water partition coefficient (Wildman–Crippen LogP) is 1.75. The summed E-state index contributed by atoms with van der Waals surface area (Å²) in [7, 11) is 0. The molecule has 2 nitrogen and oxygen atoms in total. The van der Waals surface area contributed by atoms with Crippen LogP contribution in [0.15, 0.2) is 18.2 Å². The van der Waals surface area contributed by atoms with Crippen LogP contribution in [0.25, 0.3) is 0 Å². The Morgan fingerprint density at radius 2 is 2.21 bits per heavy atom. The van der Waals surface area contributed by atoms with E-state index >= 15 is 0 Å². The zero-order valence-corrected chi connectivity index (χ0v) is 7.09. The number of hydrogen-bond donors (Lipinski definition) is 0. The molecule has 0 aliphatic rings. The van der Waals surface area contributed by atoms with Crippen LogP contribution in [0.1, 0.15) is 10.4 Å². The molecule has 0 saturated heterocycles. The van der Waals surface area contributed by atoms with E-state index < -0.39 is 17.6 Å². The largest absolute Gasteiger partial charge is 0.449 e. The van der Waals surface area contributed by atoms with Crippen LogP contribution in [0.3, 0.4) is 0 Å². The van der Waals surface area contributed by atoms with Crippen LogP contribution in [-0.4, -0.2) is 12.6 Å². The maximum absolute atomic E-state index is 12.9. The van der Waals surface area contributed by atoms with Gasteiger partial charge in [0.2, 0.25) is 0 Å². The fraction of sp³-hybridized carbons (Fsp3) is 0.100. The summed E-state index contributed by atoms with van der Waals surface area (Å²) in [5.74, 6) is -0.562. The van der Waals surface area contributed by atoms with Gasteiger partial charge in [-0.05, 0) is 12.1 Å². The molecular weight excluding hydrogens is 190 g/mol. The molecule has 0 fully saturated rings. The summed E-state index contributed by atoms with van der Waals surface area (Å²) in [4.78, 5) is 11.1. The van der Waals surface area contributed by atoms with Crippen LogP contribution in [0.2, 0.25) is 0 Å². The third-order valence-corrected chi connectivity index (χ3v) is 1.44. The van der Waals surface area contributed by atoms with Crippen LogP contribution >= 0.6 is 0 Å². The van der Waals surface area contributed by atoms with Gasteiger partial charge < -0.3 is 4.74 Å². The molecule has 0 aliphatic carbocycles. The number of carbonyl (C=O) groups excluding carboxylic acids is 1. The molecule has 0 N–H and O–H groups in total. The third-order valence-electron chi connectivity index (χ3n) is 1.44. The second-order valence-electron chi connectivity index (χ2n) is 2.40. The number of rotatable bonds is 2. The highest BCUT2D eigenvalue weighted by atomic mass is 19.1. The van der Waals surface area contributed by atoms with Gasteiger partial charge in [0.1, 0.15) is 11.6 Å². The molecule has 0 atom stereocenters. The summed E-state index contributed by atoms with van der Waals surface area (Å²) < 4.78 is 29.8. The summed E-state index contributed by atoms with van der Waals surface area (Å²) in [6.07, 6.45) is 4.84. The van der Waals surface area contributed by atoms with Crippen molar-refractivity contribution in [1.29, 1.82) is 0 Å². The van der Waals surface area contributed by atoms with E-state index in [2.05, 4.69) is 10.7 Å². The first-order valence-electron chi connectivity index (χ1n) is 3.71. The average molecular weight is 196 g/mol. The molecule has 0 unspecified atom stereocenters. The first-order valence-corrected chi connectivity index (χ1v) is 3.71. The SMILES string of the molecule is C#CCOC(=O)c1ccc(F)cc1F. The van der Waals surface area contributed by atoms with Crippen LogP contribution in [0, 0.1) is 24.0 Å². The second kappa shape index (κ2) is 4.38. The van der Waals surface area contributed by atoms with Gasteiger partial charge in [-0.15, -0.1) is 6.42 Å². The van der Waals surface area contributed by atoms with Gasteiger partial charge in [0.25, 0.3) is 0 Å². The van der Waals surface area contributed by atoms with Gasteiger partial charge in [-0.2, -0.15) is 0 Å². The Morgan fingerprint density at radius 3 is 2.79 bits per heavy atom. The Bertz CT molecular complexity index is 394. The Labute approximate surface area is 79.5 Å². The highest BCUT2D eigenvalue weighted by Gasteiger charge is 2.12. The van der Waals surface area contributed by atoms with Crippen LogP contribution in [0.4, 0.5) is 8.78 Å². The van der Waals surface area contributed by atoms with Crippen LogP contribution in [-0.2, 0) is 4.74 Å². The first kappa shape index (κ1) is 10.2. The average Bonchev–Trinajstić information content (AvgIpc) is 2.14. The van der Waals surface area contributed by atoms with Crippen molar-refractivity contribution in [2.45, 2.75) is 0 Å². The molecule has 4 heteroatoms. The van der Waals surface area contributed by atoms with E-state index in [0.717, 1.165) is 12.1 Å². The molecule has 0 amide bonds. The standard InChI is InChI=1S/C10H6F2O2/c1-2-5-14-10(13)8-4-3-7(11)6-9(8)12/h1,3-4,6H,5H2. The third kappa shape index (κ3) is 2.30. The molecule has 0 saturated carbocycles. The lowest BCUT2D eigenvalue weighted by Gasteiger charge is -2.01. The van der Waals surface area contributed by atoms with Gasteiger partial charge in [0, 0.05) is 6.07 Å². The first-order chi connectivity index (χ1) is 6.65. The number of terminal acetylenes is 1. The van der Waals surface area contributed by atoms with Crippen molar-refractivity contribution in [2.75, 3.05) is 6.61 Å². The quantitative estimate of drug-likeness (QED) is 0.532. The molecule has 0 aromatic heterocycles. The van der Waals surface area contributed by atoms with Crippen LogP contribution in [0.5, 0.6) is 0 Å². The maximum Gasteiger partial charge on any atom is 0.342 e. The molecule has 1 aromatic rings. The predicted molar refractivity (Wildman–Crippen MR) is 45.5 cm³/mol. The van der Waals surface area contributed by atoms with E-state index in [9.17, 15) is 13.6 Å². The van der Waals surface area contributed by atoms with Crippen molar-refractivity contribution in [3.63, 3.8) is 0 Å². The van der Waals surface area contributed by atoms with E-state index in [1.807, 2.05) is 0 Å². The van der Waals surface area contributed by atoms with Crippen molar-refractivity contribution < 1.29 is 18.3 Å². The van der Waals surface area contributed by atoms with Crippen molar-refractivity contribution in [1.82, 2.24) is 0 Å². The minimum absolute atomic E-state index is 0.240. The number of hydrogen-bond acceptors (Lipinski definition) is 2. The zero-order valence-electron chi connectivity index (χ0n) is 7.09. The minimum atomic E-state index is -0.966. The Morgan fingerprint density at radius 1 is 1.50 bits per heavy atom. The number of halogens is 2. The summed E-state index contributed by atoms with van der Waals surface area (Å²) in [6, 6.07) is 2.57. The normalized spacial score (nSPS) is 9.21. The van der Waals surface area contributed by atoms with E-state index in [1.165, 1.54) is 0 Å². The van der Waals surface area contributed by atoms with E-state index in [4.69, 9.17) is 6.42 Å². The molecule has 1 aromatic carbocycles. The van der Waals surface area contributed by atoms with E-state index in [0.29, 0.717) is 6.07 Å². The lowest BCUT2D eigenvalue weighted by molar-refractivity contribution is 0.0551. The summed E-state index contributed by atoms with van der Waals surface area (Å²) in [5.41, 5.74) is -0.332. The van der Waals surface area contributed by atoms with Crippen molar-refractivity contribution in [3.05, 3.63) is 35.4 Å². The molecule has 0 radical (unpaired) electrons. The van der Waals surface area contributed by atoms with Crippen LogP contribution < -0.4 is 0 Å². The smallest absolute Gasteiger partial charge is 0.342 e. The molecule has 0 heterocycles. The van der Waals surface area contributed by atoms with E-state index in [-0.39, 0.29) is 12.2 Å². The second-order valence-corrected chi connectivity index (χ2v) is 2.40. The van der Waals surface area contributed by atoms with E-state index in [1.54, 1.807) is 0 Å². The van der Waals surface area contributed by atoms with Crippen molar-refractivity contribution in [3.8, 4) is 12.3 Å². The molecule has 0 bridgehead atoms. The Balaban J connectivity index is 2.86. The summed E-state index contributed by atoms with van der Waals surface area (Å²) in [6.45, 7) is -0.240. The monoisotopic (exact) mass is 196 g/mol. The highest BCUT2D eigenvalue weighted by molar-refractivity contribution is 5.89. The summed E-state index contributed by atoms with van der Waals surface area (Å²) in [5, 5.41) is 0. The topological polar surface area (TPSA) is 26.3 Å². The van der Waals surface area contributed by atoms with Crippen molar-refractivity contribution in [2.24, 2.45) is 0 Å². The Hall–Kier alpha value is -1.89. The number of carbonyl (C=O) groups is 1. The van der Waals surface area contributed by atoms with Crippen molar-refractivity contribution >= 4 is 5.97 Å². The minimum Gasteiger partial charge on any atom is -0.449 e. The molecule has 0 aliphatic heterocycles. The van der Waals surface area contributed by atoms with Gasteiger partial charge in [0.15, 0.2) is 6.61 Å². The van der Waals surface area contributed by atoms with Gasteiger partial charge in [0.05, 0.1) is 5.56 Å². The molecule has 14 heavy (non-hydrogen) atoms. The highest BCUT2D eigenvalue weighted by Crippen LogP contribution is 2.10. The fourth-order valence-electron chi connectivity index (χ4n) is 0.840. The van der Waals surface area contributed by atoms with Gasteiger partial charge in [-0.25, -0.2) is 13.6 Å². The molecule has 0 spiro atoms. The molecule has 72 valence electrons. The zero-order chi connectivity index (χ0) is 10.6. The lowest BCUT2D eigenvalue weighted by Crippen LogP contribution is -2.07. The lowest BCUT2D eigenvalue weighted by atomic mass is 10.2. The fourth-order valence-corrected chi connectivity index (χ4v) is 0.840. The summed E-state index contributed by atoms with van der Waals surface area (Å²) >= 11 is 0. The van der Waals surface area contributed by atoms with Gasteiger partial charge in [-0.3, -0.25) is 0 Å². The number of esters is 1. The molecule has 1 rings (SSSR count). The Kier molecular flexibility index (Phi) is 3.19. The van der Waals surface area contributed by atoms with Gasteiger partial charge >= 0.3 is 5.97 Å². The number of ether oxygens (including phenoxy) is 1.